The highest BCUT2D eigenvalue weighted by Gasteiger charge is 2.13. The Kier molecular flexibility index (Phi) is 5.63. The molecule has 0 atom stereocenters. The molecule has 1 heterocycles. The maximum absolute atomic E-state index is 12.3. The first kappa shape index (κ1) is 18.3. The average Bonchev–Trinajstić information content (AvgIpc) is 2.57. The Morgan fingerprint density at radius 3 is 1.92 bits per heavy atom. The van der Waals surface area contributed by atoms with Gasteiger partial charge >= 0.3 is 6.03 Å². The molecule has 0 saturated carbocycles. The van der Waals surface area contributed by atoms with Crippen LogP contribution >= 0.6 is 0 Å². The zero-order valence-electron chi connectivity index (χ0n) is 15.3. The van der Waals surface area contributed by atoms with Crippen molar-refractivity contribution in [1.29, 1.82) is 0 Å². The maximum Gasteiger partial charge on any atom is 0.323 e. The lowest BCUT2D eigenvalue weighted by molar-refractivity contribution is 0.262. The van der Waals surface area contributed by atoms with Crippen LogP contribution < -0.4 is 25.0 Å². The SMILES string of the molecule is COc1cc(NC(=O)Nc2c(C)nc(N(C)C)nc2C)cc(OC)c1. The molecule has 0 bridgehead atoms. The molecule has 2 aromatic rings. The standard InChI is InChI=1S/C17H23N5O3/c1-10-15(11(2)19-16(18-10)22(3)4)21-17(23)20-12-7-13(24-5)9-14(8-12)25-6/h7-9H,1-6H3,(H2,20,21,23). The van der Waals surface area contributed by atoms with E-state index >= 15 is 0 Å². The second-order valence-electron chi connectivity index (χ2n) is 5.64. The molecule has 1 aromatic heterocycles. The molecular weight excluding hydrogens is 322 g/mol. The molecule has 2 N–H and O–H groups in total. The van der Waals surface area contributed by atoms with E-state index in [4.69, 9.17) is 9.47 Å². The number of nitrogens with zero attached hydrogens (tertiary/aromatic N) is 3. The van der Waals surface area contributed by atoms with Crippen LogP contribution in [0, 0.1) is 13.8 Å². The number of aromatic nitrogens is 2. The molecular formula is C17H23N5O3. The van der Waals surface area contributed by atoms with Gasteiger partial charge < -0.3 is 25.0 Å². The van der Waals surface area contributed by atoms with Gasteiger partial charge in [0.25, 0.3) is 0 Å². The fraction of sp³-hybridized carbons (Fsp3) is 0.353. The fourth-order valence-corrected chi connectivity index (χ4v) is 2.23. The quantitative estimate of drug-likeness (QED) is 0.866. The van der Waals surface area contributed by atoms with Crippen LogP contribution in [0.25, 0.3) is 0 Å². The Hall–Kier alpha value is -3.03. The Morgan fingerprint density at radius 2 is 1.48 bits per heavy atom. The summed E-state index contributed by atoms with van der Waals surface area (Å²) in [7, 11) is 6.83. The topological polar surface area (TPSA) is 88.6 Å². The van der Waals surface area contributed by atoms with E-state index in [1.54, 1.807) is 32.4 Å². The number of carbonyl (C=O) groups is 1. The van der Waals surface area contributed by atoms with Gasteiger partial charge in [-0.2, -0.15) is 0 Å². The average molecular weight is 345 g/mol. The van der Waals surface area contributed by atoms with Gasteiger partial charge in [0.1, 0.15) is 11.5 Å². The van der Waals surface area contributed by atoms with Crippen molar-refractivity contribution >= 4 is 23.4 Å². The van der Waals surface area contributed by atoms with Crippen molar-refractivity contribution in [3.05, 3.63) is 29.6 Å². The Balaban J connectivity index is 2.18. The molecule has 0 aliphatic heterocycles. The van der Waals surface area contributed by atoms with E-state index in [9.17, 15) is 4.79 Å². The monoisotopic (exact) mass is 345 g/mol. The molecule has 0 fully saturated rings. The Bertz CT molecular complexity index is 732. The third-order valence-electron chi connectivity index (χ3n) is 3.51. The Labute approximate surface area is 147 Å². The van der Waals surface area contributed by atoms with Gasteiger partial charge in [0.2, 0.25) is 5.95 Å². The van der Waals surface area contributed by atoms with Gasteiger partial charge in [0.15, 0.2) is 0 Å². The predicted molar refractivity (Wildman–Crippen MR) is 98.0 cm³/mol. The second kappa shape index (κ2) is 7.69. The molecule has 8 nitrogen and oxygen atoms in total. The van der Waals surface area contributed by atoms with Gasteiger partial charge in [0.05, 0.1) is 31.3 Å². The number of rotatable bonds is 5. The van der Waals surface area contributed by atoms with Crippen LogP contribution in [0.1, 0.15) is 11.4 Å². The normalized spacial score (nSPS) is 10.2. The molecule has 0 radical (unpaired) electrons. The number of hydrogen-bond acceptors (Lipinski definition) is 6. The number of ether oxygens (including phenoxy) is 2. The highest BCUT2D eigenvalue weighted by Crippen LogP contribution is 2.26. The van der Waals surface area contributed by atoms with Gasteiger partial charge in [-0.05, 0) is 13.8 Å². The van der Waals surface area contributed by atoms with Crippen molar-refractivity contribution in [3.63, 3.8) is 0 Å². The summed E-state index contributed by atoms with van der Waals surface area (Å²) in [5.41, 5.74) is 2.51. The van der Waals surface area contributed by atoms with Crippen LogP contribution in [0.3, 0.4) is 0 Å². The molecule has 25 heavy (non-hydrogen) atoms. The van der Waals surface area contributed by atoms with Crippen LogP contribution in [0.15, 0.2) is 18.2 Å². The van der Waals surface area contributed by atoms with E-state index in [1.807, 2.05) is 32.8 Å². The molecule has 0 unspecified atom stereocenters. The van der Waals surface area contributed by atoms with Crippen molar-refractivity contribution in [3.8, 4) is 11.5 Å². The molecule has 0 spiro atoms. The summed E-state index contributed by atoms with van der Waals surface area (Å²) in [6.07, 6.45) is 0. The van der Waals surface area contributed by atoms with Gasteiger partial charge in [0, 0.05) is 38.0 Å². The Morgan fingerprint density at radius 1 is 0.960 bits per heavy atom. The van der Waals surface area contributed by atoms with E-state index in [2.05, 4.69) is 20.6 Å². The van der Waals surface area contributed by atoms with Crippen molar-refractivity contribution in [1.82, 2.24) is 9.97 Å². The van der Waals surface area contributed by atoms with Crippen LogP contribution in [-0.2, 0) is 0 Å². The molecule has 8 heteroatoms. The van der Waals surface area contributed by atoms with Gasteiger partial charge in [-0.25, -0.2) is 14.8 Å². The lowest BCUT2D eigenvalue weighted by Crippen LogP contribution is -2.22. The van der Waals surface area contributed by atoms with E-state index in [1.165, 1.54) is 0 Å². The number of urea groups is 1. The lowest BCUT2D eigenvalue weighted by Gasteiger charge is -2.16. The number of nitrogens with one attached hydrogen (secondary N) is 2. The third kappa shape index (κ3) is 4.50. The first-order valence-corrected chi connectivity index (χ1v) is 7.67. The smallest absolute Gasteiger partial charge is 0.323 e. The number of carbonyl (C=O) groups excluding carboxylic acids is 1. The minimum Gasteiger partial charge on any atom is -0.497 e. The highest BCUT2D eigenvalue weighted by atomic mass is 16.5. The van der Waals surface area contributed by atoms with Gasteiger partial charge in [-0.15, -0.1) is 0 Å². The van der Waals surface area contributed by atoms with Gasteiger partial charge in [-0.3, -0.25) is 0 Å². The largest absolute Gasteiger partial charge is 0.497 e. The molecule has 2 rings (SSSR count). The van der Waals surface area contributed by atoms with Crippen LogP contribution in [0.2, 0.25) is 0 Å². The van der Waals surface area contributed by atoms with Crippen molar-refractivity contribution < 1.29 is 14.3 Å². The summed E-state index contributed by atoms with van der Waals surface area (Å²) in [5.74, 6) is 1.76. The fourth-order valence-electron chi connectivity index (χ4n) is 2.23. The highest BCUT2D eigenvalue weighted by molar-refractivity contribution is 6.00. The molecule has 2 amide bonds. The van der Waals surface area contributed by atoms with E-state index in [-0.39, 0.29) is 0 Å². The van der Waals surface area contributed by atoms with Crippen molar-refractivity contribution in [2.24, 2.45) is 0 Å². The van der Waals surface area contributed by atoms with Crippen molar-refractivity contribution in [2.75, 3.05) is 43.8 Å². The van der Waals surface area contributed by atoms with Crippen LogP contribution in [0.4, 0.5) is 22.1 Å². The predicted octanol–water partition coefficient (Wildman–Crippen LogP) is 2.82. The first-order valence-electron chi connectivity index (χ1n) is 7.67. The summed E-state index contributed by atoms with van der Waals surface area (Å²) in [6.45, 7) is 3.65. The molecule has 0 aliphatic carbocycles. The molecule has 134 valence electrons. The number of methoxy groups -OCH3 is 2. The number of hydrogen-bond donors (Lipinski definition) is 2. The van der Waals surface area contributed by atoms with E-state index in [0.717, 1.165) is 0 Å². The summed E-state index contributed by atoms with van der Waals surface area (Å²) in [6, 6.07) is 4.73. The number of anilines is 3. The zero-order chi connectivity index (χ0) is 18.6. The minimum absolute atomic E-state index is 0.400. The first-order chi connectivity index (χ1) is 11.8. The zero-order valence-corrected chi connectivity index (χ0v) is 15.3. The molecule has 0 saturated heterocycles. The van der Waals surface area contributed by atoms with Crippen LogP contribution in [0.5, 0.6) is 11.5 Å². The maximum atomic E-state index is 12.3. The summed E-state index contributed by atoms with van der Waals surface area (Å²) in [5, 5.41) is 5.55. The summed E-state index contributed by atoms with van der Waals surface area (Å²) < 4.78 is 10.4. The number of aryl methyl sites for hydroxylation is 2. The number of benzene rings is 1. The minimum atomic E-state index is -0.400. The molecule has 0 aliphatic rings. The van der Waals surface area contributed by atoms with Gasteiger partial charge in [-0.1, -0.05) is 0 Å². The summed E-state index contributed by atoms with van der Waals surface area (Å²) in [4.78, 5) is 22.9. The third-order valence-corrected chi connectivity index (χ3v) is 3.51. The van der Waals surface area contributed by atoms with Crippen molar-refractivity contribution in [2.45, 2.75) is 13.8 Å². The van der Waals surface area contributed by atoms with E-state index < -0.39 is 6.03 Å². The lowest BCUT2D eigenvalue weighted by atomic mass is 10.2. The van der Waals surface area contributed by atoms with E-state index in [0.29, 0.717) is 40.2 Å². The molecule has 1 aromatic carbocycles. The number of amides is 2. The van der Waals surface area contributed by atoms with Crippen LogP contribution in [-0.4, -0.2) is 44.3 Å². The second-order valence-corrected chi connectivity index (χ2v) is 5.64. The summed E-state index contributed by atoms with van der Waals surface area (Å²) >= 11 is 0.